The lowest BCUT2D eigenvalue weighted by Crippen LogP contribution is -2.42. The fraction of sp³-hybridized carbons (Fsp3) is 0.217. The predicted molar refractivity (Wildman–Crippen MR) is 126 cm³/mol. The van der Waals surface area contributed by atoms with E-state index in [9.17, 15) is 23.1 Å². The normalized spacial score (nSPS) is 15.4. The molecule has 35 heavy (non-hydrogen) atoms. The summed E-state index contributed by atoms with van der Waals surface area (Å²) in [6.45, 7) is 0. The van der Waals surface area contributed by atoms with E-state index in [-0.39, 0.29) is 28.2 Å². The fourth-order valence-electron chi connectivity index (χ4n) is 4.36. The van der Waals surface area contributed by atoms with E-state index < -0.39 is 17.3 Å². The standard InChI is InChI=1S/C23H15Cl2F3N4O2S/c1-31-17-6-5-15(16-10-30-22(25)35-16)32(17)21(34)18(20(31)33)11-3-2-4-12(7-11)19-14(24)8-13(9-29-19)23(26,27)28/h2-4,7-10,15H,5-6H2,1H3/p+1. The third-order valence-electron chi connectivity index (χ3n) is 6.01. The van der Waals surface area contributed by atoms with Gasteiger partial charge in [-0.3, -0.25) is 4.98 Å². The first-order valence-corrected chi connectivity index (χ1v) is 11.9. The minimum absolute atomic E-state index is 0.0589. The van der Waals surface area contributed by atoms with Gasteiger partial charge in [-0.1, -0.05) is 41.4 Å². The number of hydrogen-bond donors (Lipinski definition) is 1. The number of rotatable bonds is 3. The van der Waals surface area contributed by atoms with Gasteiger partial charge in [0.05, 0.1) is 34.6 Å². The van der Waals surface area contributed by atoms with Crippen molar-refractivity contribution in [3.05, 3.63) is 78.8 Å². The molecule has 0 saturated heterocycles. The quantitative estimate of drug-likeness (QED) is 0.352. The number of fused-ring (bicyclic) bond motifs is 1. The zero-order chi connectivity index (χ0) is 25.1. The van der Waals surface area contributed by atoms with Crippen molar-refractivity contribution in [1.82, 2.24) is 14.5 Å². The second-order valence-electron chi connectivity index (χ2n) is 8.05. The van der Waals surface area contributed by atoms with Crippen LogP contribution in [0.25, 0.3) is 22.4 Å². The Morgan fingerprint density at radius 2 is 1.91 bits per heavy atom. The van der Waals surface area contributed by atoms with Crippen LogP contribution < -0.4 is 10.1 Å². The summed E-state index contributed by atoms with van der Waals surface area (Å²) in [6, 6.07) is 6.98. The second kappa shape index (κ2) is 8.61. The van der Waals surface area contributed by atoms with Crippen molar-refractivity contribution in [1.29, 1.82) is 0 Å². The molecule has 180 valence electrons. The van der Waals surface area contributed by atoms with Crippen molar-refractivity contribution in [3.63, 3.8) is 0 Å². The molecule has 1 aliphatic rings. The molecule has 1 aromatic carbocycles. The zero-order valence-corrected chi connectivity index (χ0v) is 20.3. The summed E-state index contributed by atoms with van der Waals surface area (Å²) in [5, 5.41) is 10.8. The first-order valence-electron chi connectivity index (χ1n) is 10.4. The zero-order valence-electron chi connectivity index (χ0n) is 18.0. The third-order valence-corrected chi connectivity index (χ3v) is 7.51. The van der Waals surface area contributed by atoms with Gasteiger partial charge in [-0.15, -0.1) is 11.3 Å². The summed E-state index contributed by atoms with van der Waals surface area (Å²) >= 11 is 13.4. The molecule has 1 N–H and O–H groups in total. The summed E-state index contributed by atoms with van der Waals surface area (Å²) in [7, 11) is 1.67. The van der Waals surface area contributed by atoms with Gasteiger partial charge in [-0.2, -0.15) is 17.7 Å². The fourth-order valence-corrected chi connectivity index (χ4v) is 5.71. The summed E-state index contributed by atoms with van der Waals surface area (Å²) in [4.78, 5) is 22.5. The molecule has 1 aliphatic heterocycles. The highest BCUT2D eigenvalue weighted by Crippen LogP contribution is 2.37. The van der Waals surface area contributed by atoms with Crippen LogP contribution in [0.15, 0.2) is 47.5 Å². The number of alkyl halides is 3. The van der Waals surface area contributed by atoms with Crippen LogP contribution in [0.1, 0.15) is 28.7 Å². The van der Waals surface area contributed by atoms with Crippen LogP contribution in [-0.4, -0.2) is 19.6 Å². The van der Waals surface area contributed by atoms with E-state index in [1.807, 2.05) is 0 Å². The lowest BCUT2D eigenvalue weighted by molar-refractivity contribution is -0.688. The molecule has 0 radical (unpaired) electrons. The van der Waals surface area contributed by atoms with Crippen molar-refractivity contribution in [2.24, 2.45) is 7.05 Å². The Kier molecular flexibility index (Phi) is 5.85. The Labute approximate surface area is 210 Å². The second-order valence-corrected chi connectivity index (χ2v) is 10.1. The van der Waals surface area contributed by atoms with Gasteiger partial charge in [0.2, 0.25) is 0 Å². The van der Waals surface area contributed by atoms with Gasteiger partial charge in [0.25, 0.3) is 11.7 Å². The first kappa shape index (κ1) is 23.8. The number of thiazole rings is 1. The van der Waals surface area contributed by atoms with E-state index >= 15 is 0 Å². The number of hydrogen-bond acceptors (Lipinski definition) is 5. The molecule has 0 bridgehead atoms. The maximum Gasteiger partial charge on any atom is 0.417 e. The molecule has 4 aromatic rings. The van der Waals surface area contributed by atoms with E-state index in [1.165, 1.54) is 11.3 Å². The van der Waals surface area contributed by atoms with Gasteiger partial charge in [0, 0.05) is 24.4 Å². The van der Waals surface area contributed by atoms with Gasteiger partial charge in [0.1, 0.15) is 6.04 Å². The molecule has 6 nitrogen and oxygen atoms in total. The minimum Gasteiger partial charge on any atom is -0.477 e. The number of benzene rings is 1. The van der Waals surface area contributed by atoms with Crippen molar-refractivity contribution in [2.45, 2.75) is 25.1 Å². The molecule has 4 heterocycles. The largest absolute Gasteiger partial charge is 0.477 e. The molecule has 0 amide bonds. The van der Waals surface area contributed by atoms with Crippen LogP contribution >= 0.6 is 34.5 Å². The molecule has 0 fully saturated rings. The Balaban J connectivity index is 1.64. The lowest BCUT2D eigenvalue weighted by Gasteiger charge is -2.13. The third kappa shape index (κ3) is 4.09. The highest BCUT2D eigenvalue weighted by molar-refractivity contribution is 7.15. The SMILES string of the molecule is C[n+]1c(O)c(-c2cccc(-c3ncc(C(F)(F)F)cc3Cl)c2)c(=O)n2c1CCC2c1cnc(Cl)s1. The van der Waals surface area contributed by atoms with E-state index in [0.29, 0.717) is 40.5 Å². The molecule has 0 aliphatic carbocycles. The number of aromatic hydroxyl groups is 1. The molecule has 1 atom stereocenters. The maximum absolute atomic E-state index is 13.7. The number of halogens is 5. The Bertz CT molecular complexity index is 1530. The summed E-state index contributed by atoms with van der Waals surface area (Å²) in [5.74, 6) is 0.447. The molecule has 12 heteroatoms. The molecular weight excluding hydrogens is 524 g/mol. The molecule has 5 rings (SSSR count). The molecular formula is C23H16Cl2F3N4O2S+. The minimum atomic E-state index is -4.57. The Morgan fingerprint density at radius 3 is 2.57 bits per heavy atom. The molecule has 1 unspecified atom stereocenters. The lowest BCUT2D eigenvalue weighted by atomic mass is 10.0. The molecule has 0 saturated carbocycles. The van der Waals surface area contributed by atoms with Crippen LogP contribution in [0.4, 0.5) is 13.2 Å². The number of aromatic nitrogens is 4. The highest BCUT2D eigenvalue weighted by Gasteiger charge is 2.39. The molecule has 0 spiro atoms. The topological polar surface area (TPSA) is 71.9 Å². The van der Waals surface area contributed by atoms with Crippen LogP contribution in [-0.2, 0) is 19.6 Å². The van der Waals surface area contributed by atoms with Crippen LogP contribution in [0.2, 0.25) is 9.49 Å². The van der Waals surface area contributed by atoms with Crippen LogP contribution in [0, 0.1) is 0 Å². The summed E-state index contributed by atoms with van der Waals surface area (Å²) < 4.78 is 42.6. The average molecular weight is 540 g/mol. The van der Waals surface area contributed by atoms with Crippen LogP contribution in [0.5, 0.6) is 5.88 Å². The summed E-state index contributed by atoms with van der Waals surface area (Å²) in [5.41, 5.74) is -0.391. The van der Waals surface area contributed by atoms with Gasteiger partial charge in [-0.25, -0.2) is 14.3 Å². The van der Waals surface area contributed by atoms with Gasteiger partial charge in [0.15, 0.2) is 10.0 Å². The molecule has 3 aromatic heterocycles. The van der Waals surface area contributed by atoms with Gasteiger partial charge in [-0.05, 0) is 17.7 Å². The highest BCUT2D eigenvalue weighted by atomic mass is 35.5. The van der Waals surface area contributed by atoms with Crippen molar-refractivity contribution in [2.75, 3.05) is 0 Å². The predicted octanol–water partition coefficient (Wildman–Crippen LogP) is 5.43. The first-order chi connectivity index (χ1) is 16.6. The van der Waals surface area contributed by atoms with Crippen molar-refractivity contribution >= 4 is 34.5 Å². The number of pyridine rings is 1. The maximum atomic E-state index is 13.7. The summed E-state index contributed by atoms with van der Waals surface area (Å²) in [6.07, 6.45) is -0.999. The van der Waals surface area contributed by atoms with Gasteiger partial charge < -0.3 is 5.11 Å². The average Bonchev–Trinajstić information content (AvgIpc) is 3.44. The smallest absolute Gasteiger partial charge is 0.417 e. The van der Waals surface area contributed by atoms with E-state index in [4.69, 9.17) is 23.2 Å². The van der Waals surface area contributed by atoms with Crippen LogP contribution in [0.3, 0.4) is 0 Å². The van der Waals surface area contributed by atoms with Crippen molar-refractivity contribution in [3.8, 4) is 28.3 Å². The monoisotopic (exact) mass is 539 g/mol. The van der Waals surface area contributed by atoms with Crippen molar-refractivity contribution < 1.29 is 22.8 Å². The van der Waals surface area contributed by atoms with E-state index in [0.717, 1.165) is 10.9 Å². The van der Waals surface area contributed by atoms with E-state index in [1.54, 1.807) is 46.6 Å². The van der Waals surface area contributed by atoms with Gasteiger partial charge >= 0.3 is 11.7 Å². The Morgan fingerprint density at radius 1 is 1.17 bits per heavy atom. The van der Waals surface area contributed by atoms with E-state index in [2.05, 4.69) is 9.97 Å². The Hall–Kier alpha value is -2.95. The number of nitrogens with zero attached hydrogens (tertiary/aromatic N) is 4.